The molecule has 0 radical (unpaired) electrons. The highest BCUT2D eigenvalue weighted by molar-refractivity contribution is 6.26. The molecule has 0 saturated carbocycles. The van der Waals surface area contributed by atoms with Crippen molar-refractivity contribution in [1.82, 2.24) is 0 Å². The van der Waals surface area contributed by atoms with Crippen LogP contribution in [0.1, 0.15) is 0 Å². The summed E-state index contributed by atoms with van der Waals surface area (Å²) in [6.07, 6.45) is 1.84. The van der Waals surface area contributed by atoms with Gasteiger partial charge in [-0.1, -0.05) is 121 Å². The molecule has 3 heterocycles. The fraction of sp³-hybridized carbons (Fsp3) is 0. The van der Waals surface area contributed by atoms with Crippen molar-refractivity contribution in [2.24, 2.45) is 0 Å². The minimum Gasteiger partial charge on any atom is -0.464 e. The van der Waals surface area contributed by atoms with Gasteiger partial charge in [0.1, 0.15) is 27.9 Å². The van der Waals surface area contributed by atoms with E-state index in [0.29, 0.717) is 0 Å². The molecule has 0 unspecified atom stereocenters. The molecule has 0 atom stereocenters. The van der Waals surface area contributed by atoms with Crippen LogP contribution in [-0.4, -0.2) is 0 Å². The predicted molar refractivity (Wildman–Crippen MR) is 202 cm³/mol. The summed E-state index contributed by atoms with van der Waals surface area (Å²) in [5, 5.41) is 10.2. The van der Waals surface area contributed by atoms with Gasteiger partial charge in [0.05, 0.1) is 11.6 Å². The Morgan fingerprint density at radius 2 is 0.939 bits per heavy atom. The zero-order chi connectivity index (χ0) is 32.1. The van der Waals surface area contributed by atoms with Crippen LogP contribution >= 0.6 is 0 Å². The van der Waals surface area contributed by atoms with Gasteiger partial charge in [-0.2, -0.15) is 0 Å². The number of furan rings is 3. The largest absolute Gasteiger partial charge is 0.464 e. The summed E-state index contributed by atoms with van der Waals surface area (Å²) in [7, 11) is 0. The Morgan fingerprint density at radius 1 is 0.327 bits per heavy atom. The lowest BCUT2D eigenvalue weighted by Crippen LogP contribution is -1.91. The standard InChI is InChI=1S/C46H26O3/c1-2-11-27(12-3-1)38-26-47-41-24-22-35-34-18-10-19-36(45(34)49-46(35)44(38)41)43-32-16-6-4-14-30(32)42(31-15-5-7-17-33(31)43)28-21-23-40-37(25-28)29-13-8-9-20-39(29)48-40/h1-26H. The van der Waals surface area contributed by atoms with E-state index >= 15 is 0 Å². The van der Waals surface area contributed by atoms with E-state index in [9.17, 15) is 0 Å². The highest BCUT2D eigenvalue weighted by atomic mass is 16.3. The number of rotatable bonds is 3. The van der Waals surface area contributed by atoms with E-state index in [1.54, 1.807) is 0 Å². The summed E-state index contributed by atoms with van der Waals surface area (Å²) in [6, 6.07) is 53.5. The summed E-state index contributed by atoms with van der Waals surface area (Å²) in [5.41, 5.74) is 11.1. The average Bonchev–Trinajstić information content (AvgIpc) is 3.87. The van der Waals surface area contributed by atoms with Crippen molar-refractivity contribution in [3.63, 3.8) is 0 Å². The molecule has 0 aliphatic carbocycles. The second kappa shape index (κ2) is 9.96. The van der Waals surface area contributed by atoms with Gasteiger partial charge in [-0.05, 0) is 68.6 Å². The van der Waals surface area contributed by atoms with Crippen LogP contribution in [0.15, 0.2) is 171 Å². The van der Waals surface area contributed by atoms with Crippen LogP contribution in [0.25, 0.3) is 110 Å². The van der Waals surface area contributed by atoms with Crippen LogP contribution in [-0.2, 0) is 0 Å². The molecule has 228 valence electrons. The molecule has 8 aromatic carbocycles. The van der Waals surface area contributed by atoms with E-state index in [-0.39, 0.29) is 0 Å². The van der Waals surface area contributed by atoms with Gasteiger partial charge in [0.15, 0.2) is 0 Å². The lowest BCUT2D eigenvalue weighted by molar-refractivity contribution is 0.616. The second-order valence-electron chi connectivity index (χ2n) is 12.8. The van der Waals surface area contributed by atoms with Crippen molar-refractivity contribution in [2.75, 3.05) is 0 Å². The fourth-order valence-electron chi connectivity index (χ4n) is 8.02. The quantitative estimate of drug-likeness (QED) is 0.183. The number of fused-ring (bicyclic) bond motifs is 10. The molecule has 3 aromatic heterocycles. The van der Waals surface area contributed by atoms with Crippen molar-refractivity contribution >= 4 is 76.4 Å². The maximum Gasteiger partial charge on any atom is 0.147 e. The topological polar surface area (TPSA) is 39.4 Å². The molecule has 0 aliphatic heterocycles. The smallest absolute Gasteiger partial charge is 0.147 e. The molecule has 3 heteroatoms. The predicted octanol–water partition coefficient (Wildman–Crippen LogP) is 13.5. The van der Waals surface area contributed by atoms with E-state index in [1.807, 2.05) is 24.5 Å². The Labute approximate surface area is 280 Å². The molecular weight excluding hydrogens is 601 g/mol. The highest BCUT2D eigenvalue weighted by Gasteiger charge is 2.22. The van der Waals surface area contributed by atoms with Crippen LogP contribution in [0, 0.1) is 0 Å². The van der Waals surface area contributed by atoms with Gasteiger partial charge >= 0.3 is 0 Å². The third-order valence-corrected chi connectivity index (χ3v) is 10.2. The van der Waals surface area contributed by atoms with Gasteiger partial charge in [-0.3, -0.25) is 0 Å². The second-order valence-corrected chi connectivity index (χ2v) is 12.8. The molecular formula is C46H26O3. The molecule has 3 nitrogen and oxygen atoms in total. The van der Waals surface area contributed by atoms with Gasteiger partial charge < -0.3 is 13.3 Å². The summed E-state index contributed by atoms with van der Waals surface area (Å²) in [6.45, 7) is 0. The lowest BCUT2D eigenvalue weighted by atomic mass is 9.85. The first-order valence-electron chi connectivity index (χ1n) is 16.6. The maximum absolute atomic E-state index is 6.99. The van der Waals surface area contributed by atoms with Crippen LogP contribution in [0.2, 0.25) is 0 Å². The first-order chi connectivity index (χ1) is 24.3. The molecule has 0 bridgehead atoms. The molecule has 0 spiro atoms. The summed E-state index contributed by atoms with van der Waals surface area (Å²) in [5.74, 6) is 0. The average molecular weight is 627 g/mol. The molecule has 0 fully saturated rings. The first-order valence-corrected chi connectivity index (χ1v) is 16.6. The maximum atomic E-state index is 6.99. The van der Waals surface area contributed by atoms with Crippen molar-refractivity contribution < 1.29 is 13.3 Å². The third-order valence-electron chi connectivity index (χ3n) is 10.2. The summed E-state index contributed by atoms with van der Waals surface area (Å²) in [4.78, 5) is 0. The molecule has 0 saturated heterocycles. The van der Waals surface area contributed by atoms with Gasteiger partial charge in [-0.25, -0.2) is 0 Å². The van der Waals surface area contributed by atoms with Gasteiger partial charge in [-0.15, -0.1) is 0 Å². The number of para-hydroxylation sites is 2. The Bertz CT molecular complexity index is 3040. The Hall–Kier alpha value is -6.58. The Morgan fingerprint density at radius 3 is 1.71 bits per heavy atom. The van der Waals surface area contributed by atoms with Crippen molar-refractivity contribution in [3.05, 3.63) is 158 Å². The minimum atomic E-state index is 0.814. The van der Waals surface area contributed by atoms with Crippen molar-refractivity contribution in [1.29, 1.82) is 0 Å². The van der Waals surface area contributed by atoms with Gasteiger partial charge in [0.25, 0.3) is 0 Å². The molecule has 49 heavy (non-hydrogen) atoms. The van der Waals surface area contributed by atoms with E-state index < -0.39 is 0 Å². The highest BCUT2D eigenvalue weighted by Crippen LogP contribution is 2.48. The van der Waals surface area contributed by atoms with Crippen LogP contribution in [0.4, 0.5) is 0 Å². The monoisotopic (exact) mass is 626 g/mol. The zero-order valence-corrected chi connectivity index (χ0v) is 26.2. The third kappa shape index (κ3) is 3.73. The van der Waals surface area contributed by atoms with E-state index in [4.69, 9.17) is 13.3 Å². The normalized spacial score (nSPS) is 12.1. The van der Waals surface area contributed by atoms with Crippen LogP contribution < -0.4 is 0 Å². The lowest BCUT2D eigenvalue weighted by Gasteiger charge is -2.18. The molecule has 11 rings (SSSR count). The SMILES string of the molecule is c1ccc(-c2coc3ccc4c5cccc(-c6c7ccccc7c(-c7ccc8oc9ccccc9c8c7)c7ccccc67)c5oc4c23)cc1. The number of hydrogen-bond donors (Lipinski definition) is 0. The van der Waals surface area contributed by atoms with Gasteiger partial charge in [0, 0.05) is 38.2 Å². The first kappa shape index (κ1) is 26.5. The van der Waals surface area contributed by atoms with E-state index in [1.165, 1.54) is 32.7 Å². The Balaban J connectivity index is 1.22. The fourth-order valence-corrected chi connectivity index (χ4v) is 8.02. The van der Waals surface area contributed by atoms with E-state index in [2.05, 4.69) is 133 Å². The summed E-state index contributed by atoms with van der Waals surface area (Å²) < 4.78 is 19.3. The van der Waals surface area contributed by atoms with E-state index in [0.717, 1.165) is 77.1 Å². The van der Waals surface area contributed by atoms with Crippen molar-refractivity contribution in [3.8, 4) is 33.4 Å². The van der Waals surface area contributed by atoms with Gasteiger partial charge in [0.2, 0.25) is 0 Å². The molecule has 0 N–H and O–H groups in total. The van der Waals surface area contributed by atoms with Crippen LogP contribution in [0.3, 0.4) is 0 Å². The number of hydrogen-bond acceptors (Lipinski definition) is 3. The summed E-state index contributed by atoms with van der Waals surface area (Å²) >= 11 is 0. The number of benzene rings is 8. The zero-order valence-electron chi connectivity index (χ0n) is 26.2. The van der Waals surface area contributed by atoms with Crippen molar-refractivity contribution in [2.45, 2.75) is 0 Å². The molecule has 11 aromatic rings. The molecule has 0 aliphatic rings. The minimum absolute atomic E-state index is 0.814. The Kier molecular flexibility index (Phi) is 5.38. The van der Waals surface area contributed by atoms with Crippen LogP contribution in [0.5, 0.6) is 0 Å². The molecule has 0 amide bonds.